The van der Waals surface area contributed by atoms with Gasteiger partial charge in [-0.1, -0.05) is 18.2 Å². The molecule has 100 valence electrons. The van der Waals surface area contributed by atoms with E-state index in [0.29, 0.717) is 6.04 Å². The van der Waals surface area contributed by atoms with Crippen molar-refractivity contribution in [3.63, 3.8) is 0 Å². The summed E-state index contributed by atoms with van der Waals surface area (Å²) in [5, 5.41) is 4.88. The molecule has 1 aromatic carbocycles. The minimum Gasteiger partial charge on any atom is -0.379 e. The molecular formula is C16H20N2O. The third kappa shape index (κ3) is 2.19. The summed E-state index contributed by atoms with van der Waals surface area (Å²) >= 11 is 0. The van der Waals surface area contributed by atoms with Crippen LogP contribution in [0.2, 0.25) is 0 Å². The molecular weight excluding hydrogens is 236 g/mol. The smallest absolute Gasteiger partial charge is 0.0748 e. The van der Waals surface area contributed by atoms with Gasteiger partial charge < -0.3 is 10.1 Å². The number of hydrogen-bond acceptors (Lipinski definition) is 3. The van der Waals surface area contributed by atoms with Gasteiger partial charge in [0.1, 0.15) is 0 Å². The summed E-state index contributed by atoms with van der Waals surface area (Å²) in [4.78, 5) is 4.66. The fraction of sp³-hybridized carbons (Fsp3) is 0.438. The molecule has 3 heteroatoms. The summed E-state index contributed by atoms with van der Waals surface area (Å²) in [7, 11) is 0. The Morgan fingerprint density at radius 1 is 1.26 bits per heavy atom. The predicted molar refractivity (Wildman–Crippen MR) is 78.7 cm³/mol. The molecule has 0 radical (unpaired) electrons. The Hall–Kier alpha value is -1.61. The van der Waals surface area contributed by atoms with Crippen LogP contribution in [0.15, 0.2) is 24.3 Å². The van der Waals surface area contributed by atoms with Gasteiger partial charge in [-0.3, -0.25) is 4.98 Å². The number of hydrogen-bond donors (Lipinski definition) is 1. The molecule has 1 N–H and O–H groups in total. The number of anilines is 1. The standard InChI is InChI=1S/C16H20N2O/c1-10-11(2)17-15-7-5-4-6-13(15)16(10)18-14-8-9-19-12(14)3/h4-7,12,14H,8-9H2,1-3H3,(H,17,18). The normalized spacial score (nSPS) is 22.9. The Morgan fingerprint density at radius 3 is 2.79 bits per heavy atom. The van der Waals surface area contributed by atoms with Crippen molar-refractivity contribution in [2.45, 2.75) is 39.3 Å². The van der Waals surface area contributed by atoms with Crippen molar-refractivity contribution in [3.8, 4) is 0 Å². The molecule has 1 aromatic heterocycles. The monoisotopic (exact) mass is 256 g/mol. The lowest BCUT2D eigenvalue weighted by atomic mass is 10.0. The van der Waals surface area contributed by atoms with Gasteiger partial charge in [0.25, 0.3) is 0 Å². The molecule has 0 saturated carbocycles. The number of aryl methyl sites for hydroxylation is 1. The molecule has 0 aliphatic carbocycles. The molecule has 1 saturated heterocycles. The predicted octanol–water partition coefficient (Wildman–Crippen LogP) is 3.44. The first kappa shape index (κ1) is 12.4. The van der Waals surface area contributed by atoms with Gasteiger partial charge in [0, 0.05) is 23.4 Å². The van der Waals surface area contributed by atoms with Gasteiger partial charge >= 0.3 is 0 Å². The topological polar surface area (TPSA) is 34.2 Å². The molecule has 0 spiro atoms. The summed E-state index contributed by atoms with van der Waals surface area (Å²) in [5.41, 5.74) is 4.59. The first-order valence-corrected chi connectivity index (χ1v) is 6.91. The number of aromatic nitrogens is 1. The maximum absolute atomic E-state index is 5.64. The third-order valence-corrected chi connectivity index (χ3v) is 4.09. The summed E-state index contributed by atoms with van der Waals surface area (Å²) in [5.74, 6) is 0. The summed E-state index contributed by atoms with van der Waals surface area (Å²) < 4.78 is 5.64. The molecule has 2 atom stereocenters. The highest BCUT2D eigenvalue weighted by Crippen LogP contribution is 2.30. The average Bonchev–Trinajstić information content (AvgIpc) is 2.80. The average molecular weight is 256 g/mol. The molecule has 2 heterocycles. The summed E-state index contributed by atoms with van der Waals surface area (Å²) in [6.45, 7) is 7.19. The van der Waals surface area contributed by atoms with Gasteiger partial charge in [0.15, 0.2) is 0 Å². The van der Waals surface area contributed by atoms with Crippen LogP contribution in [0.3, 0.4) is 0 Å². The number of nitrogens with zero attached hydrogens (tertiary/aromatic N) is 1. The maximum Gasteiger partial charge on any atom is 0.0748 e. The number of pyridine rings is 1. The lowest BCUT2D eigenvalue weighted by Crippen LogP contribution is -2.27. The van der Waals surface area contributed by atoms with Crippen LogP contribution in [0, 0.1) is 13.8 Å². The minimum absolute atomic E-state index is 0.270. The molecule has 1 fully saturated rings. The molecule has 19 heavy (non-hydrogen) atoms. The van der Waals surface area contributed by atoms with Gasteiger partial charge in [0.2, 0.25) is 0 Å². The highest BCUT2D eigenvalue weighted by molar-refractivity contribution is 5.93. The number of para-hydroxylation sites is 1. The van der Waals surface area contributed by atoms with Crippen LogP contribution in [0.5, 0.6) is 0 Å². The van der Waals surface area contributed by atoms with Gasteiger partial charge in [0.05, 0.1) is 17.7 Å². The molecule has 0 amide bonds. The Labute approximate surface area is 114 Å². The van der Waals surface area contributed by atoms with Crippen LogP contribution >= 0.6 is 0 Å². The van der Waals surface area contributed by atoms with Crippen LogP contribution < -0.4 is 5.32 Å². The van der Waals surface area contributed by atoms with E-state index in [1.165, 1.54) is 16.6 Å². The van der Waals surface area contributed by atoms with E-state index in [1.807, 2.05) is 6.07 Å². The molecule has 3 nitrogen and oxygen atoms in total. The van der Waals surface area contributed by atoms with Crippen LogP contribution in [-0.2, 0) is 4.74 Å². The Bertz CT molecular complexity index is 609. The van der Waals surface area contributed by atoms with E-state index in [9.17, 15) is 0 Å². The van der Waals surface area contributed by atoms with Crippen LogP contribution in [-0.4, -0.2) is 23.7 Å². The minimum atomic E-state index is 0.270. The largest absolute Gasteiger partial charge is 0.379 e. The van der Waals surface area contributed by atoms with E-state index in [4.69, 9.17) is 4.74 Å². The quantitative estimate of drug-likeness (QED) is 0.893. The van der Waals surface area contributed by atoms with Crippen molar-refractivity contribution in [3.05, 3.63) is 35.5 Å². The van der Waals surface area contributed by atoms with Gasteiger partial charge in [-0.15, -0.1) is 0 Å². The first-order valence-electron chi connectivity index (χ1n) is 6.91. The molecule has 1 aliphatic rings. The van der Waals surface area contributed by atoms with Crippen molar-refractivity contribution in [1.82, 2.24) is 4.98 Å². The van der Waals surface area contributed by atoms with Crippen LogP contribution in [0.1, 0.15) is 24.6 Å². The second-order valence-electron chi connectivity index (χ2n) is 5.33. The van der Waals surface area contributed by atoms with Gasteiger partial charge in [-0.05, 0) is 38.8 Å². The molecule has 2 unspecified atom stereocenters. The lowest BCUT2D eigenvalue weighted by molar-refractivity contribution is 0.121. The number of benzene rings is 1. The molecule has 3 rings (SSSR count). The number of fused-ring (bicyclic) bond motifs is 1. The molecule has 1 aliphatic heterocycles. The fourth-order valence-electron chi connectivity index (χ4n) is 2.72. The van der Waals surface area contributed by atoms with Gasteiger partial charge in [-0.2, -0.15) is 0 Å². The van der Waals surface area contributed by atoms with E-state index >= 15 is 0 Å². The number of rotatable bonds is 2. The fourth-order valence-corrected chi connectivity index (χ4v) is 2.72. The zero-order valence-electron chi connectivity index (χ0n) is 11.7. The first-order chi connectivity index (χ1) is 9.16. The second-order valence-corrected chi connectivity index (χ2v) is 5.33. The lowest BCUT2D eigenvalue weighted by Gasteiger charge is -2.21. The number of nitrogens with one attached hydrogen (secondary N) is 1. The van der Waals surface area contributed by atoms with E-state index in [1.54, 1.807) is 0 Å². The highest BCUT2D eigenvalue weighted by atomic mass is 16.5. The van der Waals surface area contributed by atoms with E-state index < -0.39 is 0 Å². The summed E-state index contributed by atoms with van der Waals surface area (Å²) in [6, 6.07) is 8.70. The Balaban J connectivity index is 2.08. The molecule has 2 aromatic rings. The van der Waals surface area contributed by atoms with E-state index in [0.717, 1.165) is 24.2 Å². The third-order valence-electron chi connectivity index (χ3n) is 4.09. The van der Waals surface area contributed by atoms with Crippen molar-refractivity contribution >= 4 is 16.6 Å². The summed E-state index contributed by atoms with van der Waals surface area (Å²) in [6.07, 6.45) is 1.34. The Morgan fingerprint density at radius 2 is 2.05 bits per heavy atom. The van der Waals surface area contributed by atoms with Crippen molar-refractivity contribution < 1.29 is 4.74 Å². The maximum atomic E-state index is 5.64. The van der Waals surface area contributed by atoms with Crippen molar-refractivity contribution in [2.75, 3.05) is 11.9 Å². The van der Waals surface area contributed by atoms with Gasteiger partial charge in [-0.25, -0.2) is 0 Å². The zero-order chi connectivity index (χ0) is 13.4. The second kappa shape index (κ2) is 4.82. The number of ether oxygens (including phenoxy) is 1. The van der Waals surface area contributed by atoms with E-state index in [-0.39, 0.29) is 6.10 Å². The van der Waals surface area contributed by atoms with E-state index in [2.05, 4.69) is 49.3 Å². The van der Waals surface area contributed by atoms with Crippen LogP contribution in [0.4, 0.5) is 5.69 Å². The SMILES string of the molecule is Cc1nc2ccccc2c(NC2CCOC2C)c1C. The van der Waals surface area contributed by atoms with Crippen LogP contribution in [0.25, 0.3) is 10.9 Å². The molecule has 0 bridgehead atoms. The zero-order valence-corrected chi connectivity index (χ0v) is 11.7. The highest BCUT2D eigenvalue weighted by Gasteiger charge is 2.25. The van der Waals surface area contributed by atoms with Crippen molar-refractivity contribution in [2.24, 2.45) is 0 Å². The van der Waals surface area contributed by atoms with Crippen molar-refractivity contribution in [1.29, 1.82) is 0 Å². The Kier molecular flexibility index (Phi) is 3.15.